The summed E-state index contributed by atoms with van der Waals surface area (Å²) in [7, 11) is -3.62. The van der Waals surface area contributed by atoms with Gasteiger partial charge in [0, 0.05) is 5.69 Å². The molecule has 2 aromatic rings. The Kier molecular flexibility index (Phi) is 3.96. The van der Waals surface area contributed by atoms with Gasteiger partial charge < -0.3 is 5.73 Å². The molecular formula is C16H20N2O2S. The van der Waals surface area contributed by atoms with Gasteiger partial charge >= 0.3 is 0 Å². The zero-order valence-corrected chi connectivity index (χ0v) is 13.5. The Hall–Kier alpha value is -2.01. The Morgan fingerprint density at radius 1 is 0.952 bits per heavy atom. The van der Waals surface area contributed by atoms with E-state index < -0.39 is 10.0 Å². The highest BCUT2D eigenvalue weighted by molar-refractivity contribution is 7.92. The van der Waals surface area contributed by atoms with Crippen LogP contribution in [0.5, 0.6) is 0 Å². The number of benzene rings is 2. The van der Waals surface area contributed by atoms with Gasteiger partial charge in [0.15, 0.2) is 0 Å². The number of hydrogen-bond donors (Lipinski definition) is 2. The van der Waals surface area contributed by atoms with Crippen molar-refractivity contribution >= 4 is 21.4 Å². The van der Waals surface area contributed by atoms with Crippen LogP contribution in [0, 0.1) is 27.7 Å². The van der Waals surface area contributed by atoms with Crippen molar-refractivity contribution in [3.8, 4) is 0 Å². The highest BCUT2D eigenvalue weighted by Gasteiger charge is 2.17. The summed E-state index contributed by atoms with van der Waals surface area (Å²) in [6.07, 6.45) is 0. The van der Waals surface area contributed by atoms with E-state index in [4.69, 9.17) is 5.73 Å². The summed E-state index contributed by atoms with van der Waals surface area (Å²) in [6, 6.07) is 8.79. The fourth-order valence-electron chi connectivity index (χ4n) is 2.27. The van der Waals surface area contributed by atoms with Crippen molar-refractivity contribution in [2.45, 2.75) is 32.6 Å². The third-order valence-electron chi connectivity index (χ3n) is 3.48. The van der Waals surface area contributed by atoms with Crippen LogP contribution in [0.1, 0.15) is 22.3 Å². The number of anilines is 2. The normalized spacial score (nSPS) is 11.4. The molecule has 0 atom stereocenters. The molecule has 0 bridgehead atoms. The molecule has 4 nitrogen and oxygen atoms in total. The molecule has 0 aliphatic heterocycles. The molecule has 0 unspecified atom stereocenters. The molecule has 112 valence electrons. The largest absolute Gasteiger partial charge is 0.398 e. The molecule has 2 aromatic carbocycles. The molecule has 0 radical (unpaired) electrons. The van der Waals surface area contributed by atoms with E-state index in [2.05, 4.69) is 4.72 Å². The first-order chi connectivity index (χ1) is 9.70. The van der Waals surface area contributed by atoms with Crippen LogP contribution in [0.4, 0.5) is 11.4 Å². The lowest BCUT2D eigenvalue weighted by atomic mass is 10.1. The summed E-state index contributed by atoms with van der Waals surface area (Å²) >= 11 is 0. The topological polar surface area (TPSA) is 72.2 Å². The quantitative estimate of drug-likeness (QED) is 0.855. The lowest BCUT2D eigenvalue weighted by Gasteiger charge is -2.14. The van der Waals surface area contributed by atoms with Gasteiger partial charge in [0.25, 0.3) is 10.0 Å². The molecule has 2 rings (SSSR count). The average molecular weight is 304 g/mol. The maximum absolute atomic E-state index is 12.5. The SMILES string of the molecule is Cc1cc(C)cc(S(=O)(=O)Nc2ccc(C)c(N)c2C)c1. The molecule has 0 aliphatic rings. The van der Waals surface area contributed by atoms with E-state index in [0.29, 0.717) is 11.4 Å². The van der Waals surface area contributed by atoms with Gasteiger partial charge in [-0.2, -0.15) is 0 Å². The Balaban J connectivity index is 2.45. The van der Waals surface area contributed by atoms with Crippen molar-refractivity contribution in [1.82, 2.24) is 0 Å². The van der Waals surface area contributed by atoms with Crippen LogP contribution < -0.4 is 10.5 Å². The number of hydrogen-bond acceptors (Lipinski definition) is 3. The van der Waals surface area contributed by atoms with Crippen LogP contribution >= 0.6 is 0 Å². The molecule has 5 heteroatoms. The van der Waals surface area contributed by atoms with Crippen molar-refractivity contribution in [2.75, 3.05) is 10.5 Å². The molecule has 0 amide bonds. The molecule has 0 saturated heterocycles. The minimum atomic E-state index is -3.62. The summed E-state index contributed by atoms with van der Waals surface area (Å²) < 4.78 is 27.6. The first kappa shape index (κ1) is 15.4. The molecule has 0 saturated carbocycles. The van der Waals surface area contributed by atoms with E-state index in [9.17, 15) is 8.42 Å². The zero-order chi connectivity index (χ0) is 15.8. The van der Waals surface area contributed by atoms with E-state index in [1.807, 2.05) is 39.8 Å². The second kappa shape index (κ2) is 5.41. The fourth-order valence-corrected chi connectivity index (χ4v) is 3.58. The monoisotopic (exact) mass is 304 g/mol. The van der Waals surface area contributed by atoms with Crippen molar-refractivity contribution in [3.05, 3.63) is 52.6 Å². The molecule has 0 heterocycles. The van der Waals surface area contributed by atoms with E-state index in [0.717, 1.165) is 22.3 Å². The molecule has 3 N–H and O–H groups in total. The van der Waals surface area contributed by atoms with Gasteiger partial charge in [-0.1, -0.05) is 12.1 Å². The van der Waals surface area contributed by atoms with Crippen LogP contribution in [-0.2, 0) is 10.0 Å². The van der Waals surface area contributed by atoms with Gasteiger partial charge in [0.2, 0.25) is 0 Å². The summed E-state index contributed by atoms with van der Waals surface area (Å²) in [5.41, 5.74) is 10.6. The number of rotatable bonds is 3. The van der Waals surface area contributed by atoms with E-state index >= 15 is 0 Å². The van der Waals surface area contributed by atoms with Crippen molar-refractivity contribution < 1.29 is 8.42 Å². The van der Waals surface area contributed by atoms with Crippen molar-refractivity contribution in [3.63, 3.8) is 0 Å². The van der Waals surface area contributed by atoms with Crippen LogP contribution in [0.25, 0.3) is 0 Å². The van der Waals surface area contributed by atoms with Crippen LogP contribution in [-0.4, -0.2) is 8.42 Å². The van der Waals surface area contributed by atoms with Crippen LogP contribution in [0.15, 0.2) is 35.2 Å². The molecular weight excluding hydrogens is 284 g/mol. The number of aryl methyl sites for hydroxylation is 3. The van der Waals surface area contributed by atoms with E-state index in [1.165, 1.54) is 0 Å². The van der Waals surface area contributed by atoms with Gasteiger partial charge in [-0.05, 0) is 68.1 Å². The molecule has 0 aliphatic carbocycles. The number of nitrogen functional groups attached to an aromatic ring is 1. The second-order valence-corrected chi connectivity index (χ2v) is 7.08. The van der Waals surface area contributed by atoms with E-state index in [-0.39, 0.29) is 4.90 Å². The molecule has 0 fully saturated rings. The average Bonchev–Trinajstić information content (AvgIpc) is 2.38. The fraction of sp³-hybridized carbons (Fsp3) is 0.250. The predicted molar refractivity (Wildman–Crippen MR) is 87.1 cm³/mol. The summed E-state index contributed by atoms with van der Waals surface area (Å²) in [5.74, 6) is 0. The minimum Gasteiger partial charge on any atom is -0.398 e. The third kappa shape index (κ3) is 3.19. The molecule has 21 heavy (non-hydrogen) atoms. The van der Waals surface area contributed by atoms with Gasteiger partial charge in [-0.15, -0.1) is 0 Å². The van der Waals surface area contributed by atoms with Gasteiger partial charge in [0.1, 0.15) is 0 Å². The summed E-state index contributed by atoms with van der Waals surface area (Å²) in [5, 5.41) is 0. The number of sulfonamides is 1. The second-order valence-electron chi connectivity index (χ2n) is 5.40. The maximum Gasteiger partial charge on any atom is 0.261 e. The number of nitrogens with two attached hydrogens (primary N) is 1. The summed E-state index contributed by atoms with van der Waals surface area (Å²) in [4.78, 5) is 0.263. The highest BCUT2D eigenvalue weighted by Crippen LogP contribution is 2.27. The Bertz CT molecular complexity index is 776. The first-order valence-corrected chi connectivity index (χ1v) is 8.16. The van der Waals surface area contributed by atoms with E-state index in [1.54, 1.807) is 18.2 Å². The zero-order valence-electron chi connectivity index (χ0n) is 12.7. The van der Waals surface area contributed by atoms with Gasteiger partial charge in [0.05, 0.1) is 10.6 Å². The van der Waals surface area contributed by atoms with Crippen molar-refractivity contribution in [2.24, 2.45) is 0 Å². The lowest BCUT2D eigenvalue weighted by Crippen LogP contribution is -2.14. The Morgan fingerprint density at radius 3 is 2.10 bits per heavy atom. The standard InChI is InChI=1S/C16H20N2O2S/c1-10-7-11(2)9-14(8-10)21(19,20)18-15-6-5-12(3)16(17)13(15)4/h5-9,18H,17H2,1-4H3. The number of nitrogens with one attached hydrogen (secondary N) is 1. The lowest BCUT2D eigenvalue weighted by molar-refractivity contribution is 0.601. The Labute approximate surface area is 126 Å². The van der Waals surface area contributed by atoms with Crippen LogP contribution in [0.3, 0.4) is 0 Å². The predicted octanol–water partition coefficient (Wildman–Crippen LogP) is 3.30. The van der Waals surface area contributed by atoms with Crippen LogP contribution in [0.2, 0.25) is 0 Å². The molecule has 0 spiro atoms. The van der Waals surface area contributed by atoms with Gasteiger partial charge in [-0.25, -0.2) is 8.42 Å². The smallest absolute Gasteiger partial charge is 0.261 e. The third-order valence-corrected chi connectivity index (χ3v) is 4.83. The summed E-state index contributed by atoms with van der Waals surface area (Å²) in [6.45, 7) is 7.45. The van der Waals surface area contributed by atoms with Gasteiger partial charge in [-0.3, -0.25) is 4.72 Å². The first-order valence-electron chi connectivity index (χ1n) is 6.67. The maximum atomic E-state index is 12.5. The Morgan fingerprint density at radius 2 is 1.52 bits per heavy atom. The van der Waals surface area contributed by atoms with Crippen molar-refractivity contribution in [1.29, 1.82) is 0 Å². The minimum absolute atomic E-state index is 0.263. The highest BCUT2D eigenvalue weighted by atomic mass is 32.2. The molecule has 0 aromatic heterocycles.